The van der Waals surface area contributed by atoms with Crippen molar-refractivity contribution in [2.24, 2.45) is 0 Å². The highest BCUT2D eigenvalue weighted by atomic mass is 19.4. The highest BCUT2D eigenvalue weighted by Gasteiger charge is 2.30. The lowest BCUT2D eigenvalue weighted by atomic mass is 10.1. The summed E-state index contributed by atoms with van der Waals surface area (Å²) in [4.78, 5) is 8.07. The molecule has 1 aromatic carbocycles. The predicted octanol–water partition coefficient (Wildman–Crippen LogP) is 3.96. The van der Waals surface area contributed by atoms with Gasteiger partial charge in [0.25, 0.3) is 0 Å². The molecule has 3 N–H and O–H groups in total. The van der Waals surface area contributed by atoms with Crippen LogP contribution in [0, 0.1) is 0 Å². The van der Waals surface area contributed by atoms with Crippen molar-refractivity contribution in [3.05, 3.63) is 35.9 Å². The van der Waals surface area contributed by atoms with Gasteiger partial charge in [-0.3, -0.25) is 0 Å². The third kappa shape index (κ3) is 4.09. The van der Waals surface area contributed by atoms with Crippen LogP contribution in [0.5, 0.6) is 0 Å². The molecular weight excluding hydrogens is 293 g/mol. The minimum Gasteiger partial charge on any atom is -0.368 e. The molecule has 0 radical (unpaired) electrons. The average Bonchev–Trinajstić information content (AvgIpc) is 2.35. The van der Waals surface area contributed by atoms with Gasteiger partial charge in [-0.05, 0) is 32.9 Å². The summed E-state index contributed by atoms with van der Waals surface area (Å²) >= 11 is 0. The van der Waals surface area contributed by atoms with Crippen molar-refractivity contribution in [2.75, 3.05) is 11.1 Å². The van der Waals surface area contributed by atoms with Crippen LogP contribution in [0.2, 0.25) is 0 Å². The molecule has 2 aromatic rings. The van der Waals surface area contributed by atoms with Gasteiger partial charge in [-0.1, -0.05) is 12.1 Å². The quantitative estimate of drug-likeness (QED) is 0.881. The lowest BCUT2D eigenvalue weighted by molar-refractivity contribution is -0.137. The van der Waals surface area contributed by atoms with Gasteiger partial charge in [-0.2, -0.15) is 18.2 Å². The fourth-order valence-corrected chi connectivity index (χ4v) is 1.92. The van der Waals surface area contributed by atoms with Crippen LogP contribution < -0.4 is 11.1 Å². The predicted molar refractivity (Wildman–Crippen MR) is 80.3 cm³/mol. The maximum atomic E-state index is 12.8. The van der Waals surface area contributed by atoms with Crippen molar-refractivity contribution < 1.29 is 13.2 Å². The number of hydrogen-bond acceptors (Lipinski definition) is 4. The zero-order valence-corrected chi connectivity index (χ0v) is 12.5. The molecule has 0 aliphatic rings. The van der Waals surface area contributed by atoms with Crippen LogP contribution >= 0.6 is 0 Å². The van der Waals surface area contributed by atoms with Crippen LogP contribution in [0.15, 0.2) is 30.3 Å². The van der Waals surface area contributed by atoms with Crippen molar-refractivity contribution in [3.63, 3.8) is 0 Å². The van der Waals surface area contributed by atoms with E-state index in [-0.39, 0.29) is 11.5 Å². The molecule has 0 saturated carbocycles. The Labute approximate surface area is 126 Å². The monoisotopic (exact) mass is 310 g/mol. The molecule has 0 amide bonds. The number of nitrogen functional groups attached to an aromatic ring is 1. The summed E-state index contributed by atoms with van der Waals surface area (Å²) in [6.45, 7) is 5.82. The van der Waals surface area contributed by atoms with Gasteiger partial charge in [0.2, 0.25) is 5.95 Å². The van der Waals surface area contributed by atoms with Gasteiger partial charge in [-0.15, -0.1) is 0 Å². The maximum Gasteiger partial charge on any atom is 0.416 e. The zero-order valence-electron chi connectivity index (χ0n) is 12.5. The van der Waals surface area contributed by atoms with Crippen molar-refractivity contribution in [1.82, 2.24) is 9.97 Å². The van der Waals surface area contributed by atoms with E-state index in [0.29, 0.717) is 17.1 Å². The Bertz CT molecular complexity index is 675. The molecule has 0 unspecified atom stereocenters. The molecule has 4 nitrogen and oxygen atoms in total. The van der Waals surface area contributed by atoms with E-state index < -0.39 is 11.7 Å². The normalized spacial score (nSPS) is 12.3. The number of halogens is 3. The second kappa shape index (κ2) is 5.47. The Hall–Kier alpha value is -2.31. The zero-order chi connectivity index (χ0) is 16.5. The number of alkyl halides is 3. The highest BCUT2D eigenvalue weighted by Crippen LogP contribution is 2.32. The molecule has 0 atom stereocenters. The molecule has 0 aliphatic heterocycles. The molecule has 2 rings (SSSR count). The number of nitrogens with two attached hydrogens (primary N) is 1. The molecule has 1 aromatic heterocycles. The summed E-state index contributed by atoms with van der Waals surface area (Å²) < 4.78 is 38.4. The lowest BCUT2D eigenvalue weighted by Gasteiger charge is -2.21. The standard InChI is InChI=1S/C15H17F3N4/c1-14(2,3)22-12-8-11(20-13(19)21-12)9-5-4-6-10(7-9)15(16,17)18/h4-8H,1-3H3,(H3,19,20,21,22). The molecule has 0 spiro atoms. The fourth-order valence-electron chi connectivity index (χ4n) is 1.92. The molecule has 118 valence electrons. The number of anilines is 2. The van der Waals surface area contributed by atoms with E-state index in [1.807, 2.05) is 20.8 Å². The Morgan fingerprint density at radius 1 is 1.05 bits per heavy atom. The van der Waals surface area contributed by atoms with E-state index in [4.69, 9.17) is 5.73 Å². The summed E-state index contributed by atoms with van der Waals surface area (Å²) in [6.07, 6.45) is -4.40. The third-order valence-corrected chi connectivity index (χ3v) is 2.73. The van der Waals surface area contributed by atoms with Gasteiger partial charge >= 0.3 is 6.18 Å². The smallest absolute Gasteiger partial charge is 0.368 e. The van der Waals surface area contributed by atoms with Crippen molar-refractivity contribution in [1.29, 1.82) is 0 Å². The summed E-state index contributed by atoms with van der Waals surface area (Å²) in [7, 11) is 0. The highest BCUT2D eigenvalue weighted by molar-refractivity contribution is 5.65. The van der Waals surface area contributed by atoms with E-state index >= 15 is 0 Å². The van der Waals surface area contributed by atoms with Crippen LogP contribution in [0.3, 0.4) is 0 Å². The van der Waals surface area contributed by atoms with Gasteiger partial charge in [0.05, 0.1) is 11.3 Å². The summed E-state index contributed by atoms with van der Waals surface area (Å²) in [5.74, 6) is 0.467. The Balaban J connectivity index is 2.45. The summed E-state index contributed by atoms with van der Waals surface area (Å²) in [5, 5.41) is 3.12. The van der Waals surface area contributed by atoms with Gasteiger partial charge in [0.15, 0.2) is 0 Å². The van der Waals surface area contributed by atoms with Crippen LogP contribution in [-0.2, 0) is 6.18 Å². The molecule has 7 heteroatoms. The number of nitrogens with zero attached hydrogens (tertiary/aromatic N) is 2. The van der Waals surface area contributed by atoms with Crippen molar-refractivity contribution in [2.45, 2.75) is 32.5 Å². The number of rotatable bonds is 2. The van der Waals surface area contributed by atoms with E-state index in [9.17, 15) is 13.2 Å². The van der Waals surface area contributed by atoms with Gasteiger partial charge in [0.1, 0.15) is 5.82 Å². The van der Waals surface area contributed by atoms with Crippen LogP contribution in [0.4, 0.5) is 24.9 Å². The largest absolute Gasteiger partial charge is 0.416 e. The third-order valence-electron chi connectivity index (χ3n) is 2.73. The molecule has 0 fully saturated rings. The molecule has 22 heavy (non-hydrogen) atoms. The molecular formula is C15H17F3N4. The molecule has 0 aliphatic carbocycles. The average molecular weight is 310 g/mol. The Kier molecular flexibility index (Phi) is 4.00. The van der Waals surface area contributed by atoms with Crippen molar-refractivity contribution >= 4 is 11.8 Å². The molecule has 0 bridgehead atoms. The first-order chi connectivity index (χ1) is 10.0. The Morgan fingerprint density at radius 3 is 2.32 bits per heavy atom. The second-order valence-electron chi connectivity index (χ2n) is 5.95. The number of nitrogens with one attached hydrogen (secondary N) is 1. The first-order valence-electron chi connectivity index (χ1n) is 6.65. The van der Waals surface area contributed by atoms with E-state index in [2.05, 4.69) is 15.3 Å². The van der Waals surface area contributed by atoms with Crippen LogP contribution in [-0.4, -0.2) is 15.5 Å². The number of aromatic nitrogens is 2. The topological polar surface area (TPSA) is 63.8 Å². The maximum absolute atomic E-state index is 12.8. The van der Waals surface area contributed by atoms with Crippen LogP contribution in [0.1, 0.15) is 26.3 Å². The second-order valence-corrected chi connectivity index (χ2v) is 5.95. The van der Waals surface area contributed by atoms with Crippen molar-refractivity contribution in [3.8, 4) is 11.3 Å². The molecule has 0 saturated heterocycles. The first kappa shape index (κ1) is 16.1. The SMILES string of the molecule is CC(C)(C)Nc1cc(-c2cccc(C(F)(F)F)c2)nc(N)n1. The number of benzene rings is 1. The summed E-state index contributed by atoms with van der Waals surface area (Å²) in [5.41, 5.74) is 5.34. The van der Waals surface area contributed by atoms with Gasteiger partial charge in [0, 0.05) is 17.2 Å². The minimum atomic E-state index is -4.40. The van der Waals surface area contributed by atoms with E-state index in [0.717, 1.165) is 12.1 Å². The van der Waals surface area contributed by atoms with E-state index in [1.54, 1.807) is 12.1 Å². The summed E-state index contributed by atoms with van der Waals surface area (Å²) in [6, 6.07) is 6.54. The van der Waals surface area contributed by atoms with E-state index in [1.165, 1.54) is 6.07 Å². The Morgan fingerprint density at radius 2 is 1.73 bits per heavy atom. The van der Waals surface area contributed by atoms with Crippen LogP contribution in [0.25, 0.3) is 11.3 Å². The fraction of sp³-hybridized carbons (Fsp3) is 0.333. The first-order valence-corrected chi connectivity index (χ1v) is 6.65. The lowest BCUT2D eigenvalue weighted by Crippen LogP contribution is -2.27. The van der Waals surface area contributed by atoms with Gasteiger partial charge < -0.3 is 11.1 Å². The minimum absolute atomic E-state index is 0.00154. The number of hydrogen-bond donors (Lipinski definition) is 2. The molecule has 1 heterocycles. The van der Waals surface area contributed by atoms with Gasteiger partial charge in [-0.25, -0.2) is 4.98 Å².